The Labute approximate surface area is 109 Å². The molecule has 0 radical (unpaired) electrons. The lowest BCUT2D eigenvalue weighted by Crippen LogP contribution is -2.28. The van der Waals surface area contributed by atoms with E-state index in [4.69, 9.17) is 5.26 Å². The second kappa shape index (κ2) is 5.99. The highest BCUT2D eigenvalue weighted by atomic mass is 16.3. The Bertz CT molecular complexity index is 410. The number of aliphatic hydroxyl groups is 1. The third kappa shape index (κ3) is 2.90. The van der Waals surface area contributed by atoms with Gasteiger partial charge in [0.25, 0.3) is 0 Å². The lowest BCUT2D eigenvalue weighted by Gasteiger charge is -2.26. The zero-order valence-electron chi connectivity index (χ0n) is 10.8. The average Bonchev–Trinajstić information content (AvgIpc) is 2.86. The summed E-state index contributed by atoms with van der Waals surface area (Å²) in [5.41, 5.74) is 1.20. The van der Waals surface area contributed by atoms with Crippen molar-refractivity contribution in [2.24, 2.45) is 5.92 Å². The van der Waals surface area contributed by atoms with Crippen molar-refractivity contribution in [2.45, 2.75) is 31.9 Å². The normalized spacial score (nSPS) is 23.5. The Morgan fingerprint density at radius 2 is 2.17 bits per heavy atom. The first-order valence-electron chi connectivity index (χ1n) is 6.56. The fourth-order valence-corrected chi connectivity index (χ4v) is 2.71. The minimum atomic E-state index is -0.256. The van der Waals surface area contributed by atoms with E-state index in [2.05, 4.69) is 23.1 Å². The Morgan fingerprint density at radius 3 is 2.72 bits per heavy atom. The fraction of sp³-hybridized carbons (Fsp3) is 0.533. The van der Waals surface area contributed by atoms with E-state index in [0.29, 0.717) is 12.3 Å². The summed E-state index contributed by atoms with van der Waals surface area (Å²) in [7, 11) is 0. The molecule has 0 spiro atoms. The van der Waals surface area contributed by atoms with Gasteiger partial charge in [-0.1, -0.05) is 30.3 Å². The number of rotatable bonds is 4. The number of nitrogens with zero attached hydrogens (tertiary/aromatic N) is 2. The molecule has 1 aromatic carbocycles. The van der Waals surface area contributed by atoms with Crippen LogP contribution in [0, 0.1) is 17.2 Å². The van der Waals surface area contributed by atoms with Gasteiger partial charge in [0.1, 0.15) is 0 Å². The predicted molar refractivity (Wildman–Crippen MR) is 70.8 cm³/mol. The first-order valence-corrected chi connectivity index (χ1v) is 6.56. The number of nitriles is 1. The maximum absolute atomic E-state index is 9.66. The van der Waals surface area contributed by atoms with Gasteiger partial charge in [0.05, 0.1) is 18.6 Å². The summed E-state index contributed by atoms with van der Waals surface area (Å²) in [5, 5.41) is 18.7. The van der Waals surface area contributed by atoms with Gasteiger partial charge in [0, 0.05) is 12.6 Å². The van der Waals surface area contributed by atoms with Crippen molar-refractivity contribution >= 4 is 0 Å². The molecule has 0 amide bonds. The summed E-state index contributed by atoms with van der Waals surface area (Å²) >= 11 is 0. The van der Waals surface area contributed by atoms with Gasteiger partial charge in [-0.05, 0) is 31.4 Å². The van der Waals surface area contributed by atoms with E-state index in [1.54, 1.807) is 0 Å². The predicted octanol–water partition coefficient (Wildman–Crippen LogP) is 2.34. The maximum Gasteiger partial charge on any atom is 0.0641 e. The van der Waals surface area contributed by atoms with Crippen LogP contribution in [0.3, 0.4) is 0 Å². The quantitative estimate of drug-likeness (QED) is 0.884. The van der Waals surface area contributed by atoms with E-state index >= 15 is 0 Å². The molecular formula is C15H20N2O. The largest absolute Gasteiger partial charge is 0.393 e. The summed E-state index contributed by atoms with van der Waals surface area (Å²) < 4.78 is 0. The molecule has 1 heterocycles. The molecule has 3 unspecified atom stereocenters. The van der Waals surface area contributed by atoms with E-state index in [9.17, 15) is 5.11 Å². The van der Waals surface area contributed by atoms with Crippen molar-refractivity contribution < 1.29 is 5.11 Å². The van der Waals surface area contributed by atoms with Crippen molar-refractivity contribution in [1.82, 2.24) is 4.90 Å². The minimum Gasteiger partial charge on any atom is -0.393 e. The molecule has 1 fully saturated rings. The van der Waals surface area contributed by atoms with E-state index < -0.39 is 0 Å². The highest BCUT2D eigenvalue weighted by Gasteiger charge is 2.31. The standard InChI is InChI=1S/C15H20N2O/c1-12(18)14-8-10-17(11-14)15(7-9-16)13-5-3-2-4-6-13/h2-6,12,14-15,18H,7-8,10-11H2,1H3. The molecule has 18 heavy (non-hydrogen) atoms. The molecule has 1 aliphatic heterocycles. The zero-order valence-corrected chi connectivity index (χ0v) is 10.8. The molecule has 1 aromatic rings. The van der Waals surface area contributed by atoms with Gasteiger partial charge in [0.15, 0.2) is 0 Å². The molecule has 2 rings (SSSR count). The SMILES string of the molecule is CC(O)C1CCN(C(CC#N)c2ccccc2)C1. The van der Waals surface area contributed by atoms with Gasteiger partial charge in [-0.3, -0.25) is 4.90 Å². The third-order valence-electron chi connectivity index (χ3n) is 3.85. The monoisotopic (exact) mass is 244 g/mol. The van der Waals surface area contributed by atoms with Crippen molar-refractivity contribution in [1.29, 1.82) is 5.26 Å². The second-order valence-electron chi connectivity index (χ2n) is 5.07. The van der Waals surface area contributed by atoms with Gasteiger partial charge in [0.2, 0.25) is 0 Å². The molecular weight excluding hydrogens is 224 g/mol. The van der Waals surface area contributed by atoms with E-state index in [1.165, 1.54) is 5.56 Å². The molecule has 0 aromatic heterocycles. The lowest BCUT2D eigenvalue weighted by atomic mass is 10.0. The van der Waals surface area contributed by atoms with Crippen LogP contribution < -0.4 is 0 Å². The third-order valence-corrected chi connectivity index (χ3v) is 3.85. The number of benzene rings is 1. The van der Waals surface area contributed by atoms with Crippen LogP contribution in [-0.4, -0.2) is 29.2 Å². The molecule has 96 valence electrons. The summed E-state index contributed by atoms with van der Waals surface area (Å²) in [6, 6.07) is 12.6. The Balaban J connectivity index is 2.10. The van der Waals surface area contributed by atoms with E-state index in [-0.39, 0.29) is 12.1 Å². The van der Waals surface area contributed by atoms with E-state index in [0.717, 1.165) is 19.5 Å². The first-order chi connectivity index (χ1) is 8.72. The smallest absolute Gasteiger partial charge is 0.0641 e. The summed E-state index contributed by atoms with van der Waals surface area (Å²) in [5.74, 6) is 0.343. The topological polar surface area (TPSA) is 47.3 Å². The van der Waals surface area contributed by atoms with Gasteiger partial charge >= 0.3 is 0 Å². The van der Waals surface area contributed by atoms with Crippen LogP contribution in [-0.2, 0) is 0 Å². The second-order valence-corrected chi connectivity index (χ2v) is 5.07. The number of hydrogen-bond donors (Lipinski definition) is 1. The molecule has 1 saturated heterocycles. The summed E-state index contributed by atoms with van der Waals surface area (Å²) in [6.07, 6.45) is 1.27. The van der Waals surface area contributed by atoms with Crippen molar-refractivity contribution in [3.05, 3.63) is 35.9 Å². The van der Waals surface area contributed by atoms with Gasteiger partial charge in [-0.2, -0.15) is 5.26 Å². The van der Waals surface area contributed by atoms with Gasteiger partial charge in [-0.25, -0.2) is 0 Å². The van der Waals surface area contributed by atoms with Crippen LogP contribution in [0.15, 0.2) is 30.3 Å². The van der Waals surface area contributed by atoms with Crippen LogP contribution in [0.1, 0.15) is 31.4 Å². The van der Waals surface area contributed by atoms with Crippen LogP contribution in [0.4, 0.5) is 0 Å². The Morgan fingerprint density at radius 1 is 1.44 bits per heavy atom. The van der Waals surface area contributed by atoms with Crippen molar-refractivity contribution in [2.75, 3.05) is 13.1 Å². The van der Waals surface area contributed by atoms with Crippen molar-refractivity contribution in [3.63, 3.8) is 0 Å². The average molecular weight is 244 g/mol. The Kier molecular flexibility index (Phi) is 4.35. The molecule has 0 bridgehead atoms. The van der Waals surface area contributed by atoms with Crippen molar-refractivity contribution in [3.8, 4) is 6.07 Å². The van der Waals surface area contributed by atoms with Crippen LogP contribution in [0.5, 0.6) is 0 Å². The molecule has 1 N–H and O–H groups in total. The van der Waals surface area contributed by atoms with Crippen LogP contribution in [0.25, 0.3) is 0 Å². The summed E-state index contributed by atoms with van der Waals surface area (Å²) in [4.78, 5) is 2.33. The van der Waals surface area contributed by atoms with Crippen LogP contribution in [0.2, 0.25) is 0 Å². The number of likely N-dealkylation sites (tertiary alicyclic amines) is 1. The van der Waals surface area contributed by atoms with Gasteiger partial charge in [-0.15, -0.1) is 0 Å². The molecule has 3 heteroatoms. The molecule has 0 saturated carbocycles. The number of aliphatic hydroxyl groups excluding tert-OH is 1. The zero-order chi connectivity index (χ0) is 13.0. The maximum atomic E-state index is 9.66. The lowest BCUT2D eigenvalue weighted by molar-refractivity contribution is 0.122. The molecule has 1 aliphatic rings. The Hall–Kier alpha value is -1.37. The first kappa shape index (κ1) is 13.1. The summed E-state index contributed by atoms with van der Waals surface area (Å²) in [6.45, 7) is 3.71. The number of hydrogen-bond acceptors (Lipinski definition) is 3. The molecule has 3 atom stereocenters. The minimum absolute atomic E-state index is 0.167. The highest BCUT2D eigenvalue weighted by molar-refractivity contribution is 5.20. The van der Waals surface area contributed by atoms with Crippen LogP contribution >= 0.6 is 0 Å². The highest BCUT2D eigenvalue weighted by Crippen LogP contribution is 2.31. The van der Waals surface area contributed by atoms with Gasteiger partial charge < -0.3 is 5.11 Å². The van der Waals surface area contributed by atoms with E-state index in [1.807, 2.05) is 25.1 Å². The fourth-order valence-electron chi connectivity index (χ4n) is 2.71. The molecule has 0 aliphatic carbocycles. The molecule has 3 nitrogen and oxygen atoms in total.